The van der Waals surface area contributed by atoms with Crippen LogP contribution in [0.25, 0.3) is 0 Å². The summed E-state index contributed by atoms with van der Waals surface area (Å²) in [6.45, 7) is 4.29. The molecule has 0 aromatic heterocycles. The number of quaternary nitrogens is 1. The van der Waals surface area contributed by atoms with Gasteiger partial charge in [0.15, 0.2) is 0 Å². The highest BCUT2D eigenvalue weighted by molar-refractivity contribution is 6.33. The van der Waals surface area contributed by atoms with Crippen molar-refractivity contribution < 1.29 is 23.7 Å². The van der Waals surface area contributed by atoms with E-state index in [1.807, 2.05) is 0 Å². The van der Waals surface area contributed by atoms with Crippen molar-refractivity contribution in [3.05, 3.63) is 63.6 Å². The monoisotopic (exact) mass is 437 g/mol. The molecule has 2 unspecified atom stereocenters. The van der Waals surface area contributed by atoms with Gasteiger partial charge < -0.3 is 25.5 Å². The molecule has 1 aliphatic rings. The van der Waals surface area contributed by atoms with Gasteiger partial charge in [0.2, 0.25) is 0 Å². The molecule has 1 heterocycles. The van der Waals surface area contributed by atoms with Crippen LogP contribution < -0.4 is 15.5 Å². The summed E-state index contributed by atoms with van der Waals surface area (Å²) in [5.74, 6) is -0.725. The molecular weight excluding hydrogens is 413 g/mol. The quantitative estimate of drug-likeness (QED) is 0.507. The van der Waals surface area contributed by atoms with Crippen LogP contribution in [0.3, 0.4) is 0 Å². The number of ether oxygens (including phenoxy) is 2. The first-order valence-corrected chi connectivity index (χ1v) is 10.1. The third-order valence-electron chi connectivity index (χ3n) is 4.85. The van der Waals surface area contributed by atoms with Crippen LogP contribution in [-0.4, -0.2) is 49.8 Å². The predicted octanol–water partition coefficient (Wildman–Crippen LogP) is 1.88. The first kappa shape index (κ1) is 22.5. The molecule has 1 fully saturated rings. The second-order valence-corrected chi connectivity index (χ2v) is 7.52. The zero-order valence-corrected chi connectivity index (χ0v) is 17.5. The molecule has 1 amide bonds. The minimum Gasteiger partial charge on any atom is -0.626 e. The van der Waals surface area contributed by atoms with Crippen molar-refractivity contribution in [2.45, 2.75) is 19.6 Å². The number of halogens is 2. The van der Waals surface area contributed by atoms with Crippen LogP contribution in [0, 0.1) is 11.0 Å². The van der Waals surface area contributed by atoms with Gasteiger partial charge in [-0.15, -0.1) is 0 Å². The Bertz CT molecular complexity index is 881. The van der Waals surface area contributed by atoms with Crippen LogP contribution in [0.5, 0.6) is 5.75 Å². The number of nitrogens with one attached hydrogen (secondary N) is 1. The Hall–Kier alpha value is -2.23. The van der Waals surface area contributed by atoms with Crippen LogP contribution in [0.15, 0.2) is 36.4 Å². The SMILES string of the molecule is CCOc1cc(N)c(Cl)cc1C(=O)[NH+]([O-])CC1CN(Cc2ccc(F)cc2)CCO1. The molecule has 3 N–H and O–H groups in total. The molecule has 7 nitrogen and oxygen atoms in total. The third-order valence-corrected chi connectivity index (χ3v) is 5.18. The summed E-state index contributed by atoms with van der Waals surface area (Å²) in [4.78, 5) is 14.9. The molecule has 0 radical (unpaired) electrons. The number of anilines is 1. The number of hydroxylamine groups is 2. The van der Waals surface area contributed by atoms with Crippen molar-refractivity contribution in [3.63, 3.8) is 0 Å². The Kier molecular flexibility index (Phi) is 7.63. The number of benzene rings is 2. The number of nitrogens with two attached hydrogens (primary N) is 1. The maximum absolute atomic E-state index is 13.1. The molecule has 162 valence electrons. The smallest absolute Gasteiger partial charge is 0.348 e. The number of rotatable bonds is 7. The molecule has 9 heteroatoms. The molecule has 1 aliphatic heterocycles. The Balaban J connectivity index is 1.63. The van der Waals surface area contributed by atoms with E-state index < -0.39 is 17.1 Å². The summed E-state index contributed by atoms with van der Waals surface area (Å²) in [7, 11) is 0. The molecule has 0 saturated carbocycles. The van der Waals surface area contributed by atoms with Gasteiger partial charge in [0.1, 0.15) is 29.8 Å². The summed E-state index contributed by atoms with van der Waals surface area (Å²) >= 11 is 6.03. The van der Waals surface area contributed by atoms with E-state index in [9.17, 15) is 14.4 Å². The predicted molar refractivity (Wildman–Crippen MR) is 112 cm³/mol. The van der Waals surface area contributed by atoms with Crippen molar-refractivity contribution in [2.24, 2.45) is 0 Å². The lowest BCUT2D eigenvalue weighted by Gasteiger charge is -2.34. The van der Waals surface area contributed by atoms with Gasteiger partial charge in [0, 0.05) is 25.7 Å². The summed E-state index contributed by atoms with van der Waals surface area (Å²) < 4.78 is 24.2. The maximum atomic E-state index is 13.1. The largest absolute Gasteiger partial charge is 0.626 e. The number of carbonyl (C=O) groups is 1. The molecule has 3 rings (SSSR count). The molecule has 30 heavy (non-hydrogen) atoms. The fourth-order valence-corrected chi connectivity index (χ4v) is 3.53. The van der Waals surface area contributed by atoms with E-state index in [0.717, 1.165) is 5.56 Å². The topological polar surface area (TPSA) is 92.3 Å². The molecule has 0 spiro atoms. The third kappa shape index (κ3) is 5.68. The molecule has 0 aliphatic carbocycles. The van der Waals surface area contributed by atoms with Crippen molar-refractivity contribution in [1.29, 1.82) is 0 Å². The van der Waals surface area contributed by atoms with Gasteiger partial charge in [-0.25, -0.2) is 9.18 Å². The van der Waals surface area contributed by atoms with Gasteiger partial charge >= 0.3 is 5.91 Å². The second kappa shape index (κ2) is 10.2. The lowest BCUT2D eigenvalue weighted by Crippen LogP contribution is -3.11. The van der Waals surface area contributed by atoms with E-state index in [1.54, 1.807) is 19.1 Å². The van der Waals surface area contributed by atoms with Crippen LogP contribution in [-0.2, 0) is 11.3 Å². The van der Waals surface area contributed by atoms with E-state index >= 15 is 0 Å². The fraction of sp³-hybridized carbons (Fsp3) is 0.381. The standard InChI is InChI=1S/C21H25ClFN3O4/c1-2-29-20-10-19(24)18(22)9-17(20)21(27)26(28)13-16-12-25(7-8-30-16)11-14-3-5-15(23)6-4-14/h3-6,9-10,16,26H,2,7-8,11-13,24H2,1H3. The molecule has 1 saturated heterocycles. The lowest BCUT2D eigenvalue weighted by molar-refractivity contribution is -0.762. The highest BCUT2D eigenvalue weighted by atomic mass is 35.5. The Morgan fingerprint density at radius 1 is 1.40 bits per heavy atom. The van der Waals surface area contributed by atoms with E-state index in [-0.39, 0.29) is 34.4 Å². The number of morpholine rings is 1. The Morgan fingerprint density at radius 3 is 2.83 bits per heavy atom. The summed E-state index contributed by atoms with van der Waals surface area (Å²) in [5, 5.41) is 12.3. The summed E-state index contributed by atoms with van der Waals surface area (Å²) in [6, 6.07) is 9.12. The van der Waals surface area contributed by atoms with Gasteiger partial charge in [-0.05, 0) is 30.7 Å². The van der Waals surface area contributed by atoms with Crippen molar-refractivity contribution >= 4 is 23.2 Å². The van der Waals surface area contributed by atoms with Gasteiger partial charge in [-0.1, -0.05) is 23.7 Å². The summed E-state index contributed by atoms with van der Waals surface area (Å²) in [6.07, 6.45) is -0.407. The van der Waals surface area contributed by atoms with Gasteiger partial charge in [0.25, 0.3) is 0 Å². The number of hydrogen-bond donors (Lipinski definition) is 2. The van der Waals surface area contributed by atoms with E-state index in [4.69, 9.17) is 26.8 Å². The van der Waals surface area contributed by atoms with E-state index in [0.29, 0.717) is 32.8 Å². The second-order valence-electron chi connectivity index (χ2n) is 7.11. The normalized spacial score (nSPS) is 18.2. The number of nitrogen functional groups attached to an aromatic ring is 1. The zero-order chi connectivity index (χ0) is 21.7. The average molecular weight is 438 g/mol. The Labute approximate surface area is 179 Å². The molecule has 0 bridgehead atoms. The van der Waals surface area contributed by atoms with Crippen molar-refractivity contribution in [2.75, 3.05) is 38.6 Å². The molecular formula is C21H25ClFN3O4. The maximum Gasteiger partial charge on any atom is 0.348 e. The Morgan fingerprint density at radius 2 is 2.13 bits per heavy atom. The lowest BCUT2D eigenvalue weighted by atomic mass is 10.1. The average Bonchev–Trinajstić information content (AvgIpc) is 2.72. The fourth-order valence-electron chi connectivity index (χ4n) is 3.37. The summed E-state index contributed by atoms with van der Waals surface area (Å²) in [5.41, 5.74) is 7.12. The molecule has 2 atom stereocenters. The number of carbonyl (C=O) groups excluding carboxylic acids is 1. The first-order chi connectivity index (χ1) is 14.4. The van der Waals surface area contributed by atoms with Crippen molar-refractivity contribution in [1.82, 2.24) is 4.90 Å². The number of amides is 1. The van der Waals surface area contributed by atoms with Crippen molar-refractivity contribution in [3.8, 4) is 5.75 Å². The number of nitrogens with zero attached hydrogens (tertiary/aromatic N) is 1. The number of hydrogen-bond acceptors (Lipinski definition) is 6. The molecule has 2 aromatic rings. The molecule has 2 aromatic carbocycles. The van der Waals surface area contributed by atoms with Gasteiger partial charge in [0.05, 0.1) is 23.9 Å². The van der Waals surface area contributed by atoms with Crippen LogP contribution in [0.1, 0.15) is 22.8 Å². The minimum absolute atomic E-state index is 0.0493. The highest BCUT2D eigenvalue weighted by Gasteiger charge is 2.27. The van der Waals surface area contributed by atoms with E-state index in [2.05, 4.69) is 4.90 Å². The van der Waals surface area contributed by atoms with Crippen LogP contribution in [0.2, 0.25) is 5.02 Å². The zero-order valence-electron chi connectivity index (χ0n) is 16.7. The first-order valence-electron chi connectivity index (χ1n) is 9.75. The minimum atomic E-state index is -0.681. The van der Waals surface area contributed by atoms with Crippen LogP contribution in [0.4, 0.5) is 10.1 Å². The van der Waals surface area contributed by atoms with Gasteiger partial charge in [-0.2, -0.15) is 0 Å². The van der Waals surface area contributed by atoms with E-state index in [1.165, 1.54) is 24.3 Å². The van der Waals surface area contributed by atoms with Gasteiger partial charge in [-0.3, -0.25) is 4.90 Å². The highest BCUT2D eigenvalue weighted by Crippen LogP contribution is 2.28. The van der Waals surface area contributed by atoms with Crippen LogP contribution >= 0.6 is 11.6 Å².